The summed E-state index contributed by atoms with van der Waals surface area (Å²) in [4.78, 5) is 14.2. The molecule has 0 saturated heterocycles. The third-order valence-electron chi connectivity index (χ3n) is 2.46. The fraction of sp³-hybridized carbons (Fsp3) is 0.200. The van der Waals surface area contributed by atoms with Gasteiger partial charge in [0.05, 0.1) is 21.6 Å². The van der Waals surface area contributed by atoms with Crippen LogP contribution in [0.1, 0.15) is 18.5 Å². The van der Waals surface area contributed by atoms with Gasteiger partial charge in [-0.05, 0) is 22.9 Å². The Kier molecular flexibility index (Phi) is 3.56. The summed E-state index contributed by atoms with van der Waals surface area (Å²) in [5, 5.41) is 20.5. The molecule has 1 atom stereocenters. The molecule has 94 valence electrons. The lowest BCUT2D eigenvalue weighted by Gasteiger charge is -2.14. The predicted molar refractivity (Wildman–Crippen MR) is 69.2 cm³/mol. The highest BCUT2D eigenvalue weighted by atomic mass is 79.9. The SMILES string of the molecule is CC(Nc1c(Br)cncc1[N+](=O)[O-])c1cn[nH]c1. The third-order valence-corrected chi connectivity index (χ3v) is 3.06. The summed E-state index contributed by atoms with van der Waals surface area (Å²) in [6, 6.07) is -0.110. The molecule has 0 aliphatic heterocycles. The number of aromatic amines is 1. The molecule has 0 aromatic carbocycles. The van der Waals surface area contributed by atoms with Gasteiger partial charge in [-0.15, -0.1) is 0 Å². The molecule has 2 rings (SSSR count). The van der Waals surface area contributed by atoms with Crippen LogP contribution < -0.4 is 5.32 Å². The lowest BCUT2D eigenvalue weighted by molar-refractivity contribution is -0.384. The van der Waals surface area contributed by atoms with Gasteiger partial charge in [0.2, 0.25) is 0 Å². The fourth-order valence-electron chi connectivity index (χ4n) is 1.50. The van der Waals surface area contributed by atoms with Gasteiger partial charge in [0.1, 0.15) is 11.9 Å². The van der Waals surface area contributed by atoms with Crippen LogP contribution in [0.25, 0.3) is 0 Å². The average molecular weight is 312 g/mol. The van der Waals surface area contributed by atoms with Crippen molar-refractivity contribution in [1.82, 2.24) is 15.2 Å². The maximum absolute atomic E-state index is 10.9. The first-order chi connectivity index (χ1) is 8.59. The predicted octanol–water partition coefficient (Wildman–Crippen LogP) is 2.65. The van der Waals surface area contributed by atoms with Gasteiger partial charge >= 0.3 is 5.69 Å². The minimum absolute atomic E-state index is 0.0697. The summed E-state index contributed by atoms with van der Waals surface area (Å²) < 4.78 is 0.548. The third kappa shape index (κ3) is 2.48. The van der Waals surface area contributed by atoms with Gasteiger partial charge in [0, 0.05) is 18.0 Å². The zero-order chi connectivity index (χ0) is 13.1. The Hall–Kier alpha value is -1.96. The molecule has 2 aromatic heterocycles. The molecular weight excluding hydrogens is 302 g/mol. The highest BCUT2D eigenvalue weighted by molar-refractivity contribution is 9.10. The van der Waals surface area contributed by atoms with E-state index in [1.165, 1.54) is 12.4 Å². The zero-order valence-electron chi connectivity index (χ0n) is 9.42. The van der Waals surface area contributed by atoms with Crippen LogP contribution in [0.3, 0.4) is 0 Å². The zero-order valence-corrected chi connectivity index (χ0v) is 11.0. The molecule has 1 unspecified atom stereocenters. The van der Waals surface area contributed by atoms with E-state index in [9.17, 15) is 10.1 Å². The first kappa shape index (κ1) is 12.5. The second-order valence-electron chi connectivity index (χ2n) is 3.67. The second-order valence-corrected chi connectivity index (χ2v) is 4.52. The summed E-state index contributed by atoms with van der Waals surface area (Å²) in [6.45, 7) is 1.89. The van der Waals surface area contributed by atoms with Crippen molar-refractivity contribution in [2.24, 2.45) is 0 Å². The minimum atomic E-state index is -0.470. The molecule has 0 spiro atoms. The van der Waals surface area contributed by atoms with Gasteiger partial charge in [0.15, 0.2) is 0 Å². The van der Waals surface area contributed by atoms with E-state index in [1.807, 2.05) is 6.92 Å². The van der Waals surface area contributed by atoms with Crippen LogP contribution in [-0.4, -0.2) is 20.1 Å². The summed E-state index contributed by atoms with van der Waals surface area (Å²) in [6.07, 6.45) is 6.13. The van der Waals surface area contributed by atoms with Crippen molar-refractivity contribution in [3.8, 4) is 0 Å². The standard InChI is InChI=1S/C10H10BrN5O2/c1-6(7-2-13-14-3-7)15-10-8(11)4-12-5-9(10)16(17)18/h2-6H,1H3,(H,12,15)(H,13,14). The first-order valence-corrected chi connectivity index (χ1v) is 5.92. The number of hydrogen-bond donors (Lipinski definition) is 2. The normalized spacial score (nSPS) is 12.1. The second kappa shape index (κ2) is 5.13. The van der Waals surface area contributed by atoms with Crippen molar-refractivity contribution >= 4 is 27.3 Å². The highest BCUT2D eigenvalue weighted by Gasteiger charge is 2.19. The van der Waals surface area contributed by atoms with Crippen molar-refractivity contribution in [3.05, 3.63) is 44.9 Å². The van der Waals surface area contributed by atoms with Crippen LogP contribution in [0.2, 0.25) is 0 Å². The first-order valence-electron chi connectivity index (χ1n) is 5.12. The maximum atomic E-state index is 10.9. The largest absolute Gasteiger partial charge is 0.372 e. The topological polar surface area (TPSA) is 96.7 Å². The molecule has 0 aliphatic carbocycles. The van der Waals surface area contributed by atoms with Crippen molar-refractivity contribution in [3.63, 3.8) is 0 Å². The number of nitro groups is 1. The molecule has 0 aliphatic rings. The Morgan fingerprint density at radius 2 is 2.28 bits per heavy atom. The van der Waals surface area contributed by atoms with Crippen LogP contribution in [0.15, 0.2) is 29.3 Å². The molecule has 2 heterocycles. The summed E-state index contributed by atoms with van der Waals surface area (Å²) in [5.74, 6) is 0. The van der Waals surface area contributed by atoms with Gasteiger partial charge in [-0.3, -0.25) is 20.2 Å². The van der Waals surface area contributed by atoms with Crippen molar-refractivity contribution in [2.75, 3.05) is 5.32 Å². The van der Waals surface area contributed by atoms with Crippen molar-refractivity contribution in [1.29, 1.82) is 0 Å². The van der Waals surface area contributed by atoms with E-state index in [0.29, 0.717) is 10.2 Å². The number of nitrogens with one attached hydrogen (secondary N) is 2. The number of halogens is 1. The van der Waals surface area contributed by atoms with Crippen molar-refractivity contribution < 1.29 is 4.92 Å². The smallest absolute Gasteiger partial charge is 0.311 e. The number of H-pyrrole nitrogens is 1. The average Bonchev–Trinajstić information content (AvgIpc) is 2.85. The van der Waals surface area contributed by atoms with Crippen LogP contribution in [0, 0.1) is 10.1 Å². The molecule has 0 bridgehead atoms. The van der Waals surface area contributed by atoms with E-state index in [4.69, 9.17) is 0 Å². The molecule has 7 nitrogen and oxygen atoms in total. The highest BCUT2D eigenvalue weighted by Crippen LogP contribution is 2.33. The Morgan fingerprint density at radius 3 is 2.89 bits per heavy atom. The van der Waals surface area contributed by atoms with Crippen LogP contribution in [-0.2, 0) is 0 Å². The van der Waals surface area contributed by atoms with Gasteiger partial charge in [0.25, 0.3) is 0 Å². The Morgan fingerprint density at radius 1 is 1.50 bits per heavy atom. The van der Waals surface area contributed by atoms with E-state index < -0.39 is 4.92 Å². The number of aromatic nitrogens is 3. The van der Waals surface area contributed by atoms with E-state index in [2.05, 4.69) is 36.4 Å². The number of anilines is 1. The lowest BCUT2D eigenvalue weighted by atomic mass is 10.2. The Balaban J connectivity index is 2.31. The van der Waals surface area contributed by atoms with E-state index in [-0.39, 0.29) is 11.7 Å². The Labute approximate surface area is 111 Å². The fourth-order valence-corrected chi connectivity index (χ4v) is 1.94. The molecule has 8 heteroatoms. The van der Waals surface area contributed by atoms with Crippen LogP contribution in [0.4, 0.5) is 11.4 Å². The molecule has 18 heavy (non-hydrogen) atoms. The summed E-state index contributed by atoms with van der Waals surface area (Å²) in [5.41, 5.74) is 1.25. The maximum Gasteiger partial charge on any atom is 0.311 e. The quantitative estimate of drug-likeness (QED) is 0.668. The molecule has 2 N–H and O–H groups in total. The molecule has 2 aromatic rings. The molecule has 0 radical (unpaired) electrons. The van der Waals surface area contributed by atoms with Gasteiger partial charge < -0.3 is 5.32 Å². The van der Waals surface area contributed by atoms with E-state index in [0.717, 1.165) is 5.56 Å². The number of hydrogen-bond acceptors (Lipinski definition) is 5. The monoisotopic (exact) mass is 311 g/mol. The molecule has 0 amide bonds. The molecule has 0 fully saturated rings. The molecule has 0 saturated carbocycles. The molecular formula is C10H10BrN5O2. The Bertz CT molecular complexity index is 557. The van der Waals surface area contributed by atoms with Crippen LogP contribution >= 0.6 is 15.9 Å². The van der Waals surface area contributed by atoms with Gasteiger partial charge in [-0.2, -0.15) is 5.10 Å². The van der Waals surface area contributed by atoms with Gasteiger partial charge in [-0.1, -0.05) is 0 Å². The minimum Gasteiger partial charge on any atom is -0.372 e. The van der Waals surface area contributed by atoms with E-state index in [1.54, 1.807) is 12.4 Å². The number of pyridine rings is 1. The summed E-state index contributed by atoms with van der Waals surface area (Å²) in [7, 11) is 0. The van der Waals surface area contributed by atoms with Gasteiger partial charge in [-0.25, -0.2) is 0 Å². The number of nitrogens with zero attached hydrogens (tertiary/aromatic N) is 3. The van der Waals surface area contributed by atoms with Crippen LogP contribution in [0.5, 0.6) is 0 Å². The lowest BCUT2D eigenvalue weighted by Crippen LogP contribution is -2.08. The summed E-state index contributed by atoms with van der Waals surface area (Å²) >= 11 is 3.25. The van der Waals surface area contributed by atoms with Crippen molar-refractivity contribution in [2.45, 2.75) is 13.0 Å². The number of rotatable bonds is 4. The van der Waals surface area contributed by atoms with E-state index >= 15 is 0 Å².